The van der Waals surface area contributed by atoms with Crippen LogP contribution in [0.4, 0.5) is 0 Å². The summed E-state index contributed by atoms with van der Waals surface area (Å²) in [5.41, 5.74) is -1.37. The second-order valence-corrected chi connectivity index (χ2v) is 31.0. The van der Waals surface area contributed by atoms with E-state index in [0.29, 0.717) is 32.3 Å². The van der Waals surface area contributed by atoms with Crippen LogP contribution in [-0.4, -0.2) is 233 Å². The molecule has 0 aliphatic carbocycles. The minimum atomic E-state index is -1.39. The number of carboxylic acid groups (broad SMARTS) is 6. The van der Waals surface area contributed by atoms with Gasteiger partial charge in [-0.05, 0) is 32.1 Å². The summed E-state index contributed by atoms with van der Waals surface area (Å²) >= 11 is 0. The van der Waals surface area contributed by atoms with E-state index < -0.39 is 99.3 Å². The quantitative estimate of drug-likeness (QED) is 0.0187. The zero-order chi connectivity index (χ0) is 81.2. The average Bonchev–Trinajstić information content (AvgIpc) is 0.862. The Bertz CT molecular complexity index is 2190. The number of hydrogen-bond acceptors (Lipinski definition) is 19. The number of carboxylic acids is 6. The zero-order valence-electron chi connectivity index (χ0n) is 69.2. The first-order chi connectivity index (χ1) is 53.1. The standard InChI is InChI=1S/C85H156N4O21/c1-4-7-10-13-16-19-22-25-28-33-38-43-48-53-75(90)70-110-85(72-108-83(104)55-50-45-40-34-29-26-23-20-17-14-11-8-5-2,73-109-84(105)56-51-46-41-35-30-27-24-21-18-15-12-9-6-3)71-106-61-52-47-42-37-32-31-36-39-44-49-54-82(103)107-69-74(89(67-80(99)100)68-81(101)102)62-87(64-77(93)94)59-57-86(63-76(91)92)58-60-88(65-78(95)96)66-79(97)98/h74H,4-73H2,1-3H3,(H,91,92)(H,93,94)(H,95,96)(H,97,98)(H,99,100)(H,101,102). The highest BCUT2D eigenvalue weighted by atomic mass is 16.6. The summed E-state index contributed by atoms with van der Waals surface area (Å²) in [6.07, 6.45) is 56.2. The number of hydrogen-bond donors (Lipinski definition) is 6. The van der Waals surface area contributed by atoms with E-state index in [4.69, 9.17) is 23.7 Å². The van der Waals surface area contributed by atoms with E-state index in [0.717, 1.165) is 132 Å². The van der Waals surface area contributed by atoms with Gasteiger partial charge >= 0.3 is 53.7 Å². The van der Waals surface area contributed by atoms with Crippen molar-refractivity contribution in [3.8, 4) is 0 Å². The molecule has 0 bridgehead atoms. The number of aliphatic carboxylic acids is 6. The molecule has 0 saturated heterocycles. The van der Waals surface area contributed by atoms with Crippen LogP contribution >= 0.6 is 0 Å². The van der Waals surface area contributed by atoms with Crippen molar-refractivity contribution in [3.63, 3.8) is 0 Å². The smallest absolute Gasteiger partial charge is 0.317 e. The van der Waals surface area contributed by atoms with Crippen molar-refractivity contribution < 1.29 is 102 Å². The molecule has 25 heteroatoms. The Kier molecular flexibility index (Phi) is 71.4. The lowest BCUT2D eigenvalue weighted by atomic mass is 10.0. The van der Waals surface area contributed by atoms with E-state index in [1.165, 1.54) is 183 Å². The summed E-state index contributed by atoms with van der Waals surface area (Å²) in [6, 6.07) is -1.13. The van der Waals surface area contributed by atoms with Gasteiger partial charge in [-0.1, -0.05) is 303 Å². The van der Waals surface area contributed by atoms with Gasteiger partial charge in [0, 0.05) is 65.0 Å². The molecule has 0 aromatic carbocycles. The predicted octanol–water partition coefficient (Wildman–Crippen LogP) is 16.8. The Labute approximate surface area is 662 Å². The maximum absolute atomic E-state index is 13.6. The minimum absolute atomic E-state index is 0.0245. The van der Waals surface area contributed by atoms with Crippen molar-refractivity contribution in [1.82, 2.24) is 19.6 Å². The summed E-state index contributed by atoms with van der Waals surface area (Å²) in [7, 11) is 0. The molecule has 0 aliphatic heterocycles. The van der Waals surface area contributed by atoms with Gasteiger partial charge in [0.2, 0.25) is 0 Å². The number of nitrogens with zero attached hydrogens (tertiary/aromatic N) is 4. The number of carbonyl (C=O) groups is 10. The molecule has 0 aromatic rings. The maximum Gasteiger partial charge on any atom is 0.317 e. The van der Waals surface area contributed by atoms with Crippen molar-refractivity contribution >= 4 is 59.5 Å². The lowest BCUT2D eigenvalue weighted by Gasteiger charge is -2.34. The van der Waals surface area contributed by atoms with Crippen molar-refractivity contribution in [3.05, 3.63) is 0 Å². The van der Waals surface area contributed by atoms with Crippen LogP contribution in [0.2, 0.25) is 0 Å². The minimum Gasteiger partial charge on any atom is -0.480 e. The Morgan fingerprint density at radius 3 is 0.882 bits per heavy atom. The van der Waals surface area contributed by atoms with Gasteiger partial charge in [0.25, 0.3) is 0 Å². The van der Waals surface area contributed by atoms with E-state index in [-0.39, 0.29) is 96.1 Å². The third-order valence-electron chi connectivity index (χ3n) is 20.3. The van der Waals surface area contributed by atoms with E-state index in [2.05, 4.69) is 20.8 Å². The highest BCUT2D eigenvalue weighted by molar-refractivity contribution is 5.79. The molecule has 0 heterocycles. The van der Waals surface area contributed by atoms with Gasteiger partial charge in [0.15, 0.2) is 11.4 Å². The number of esters is 3. The third-order valence-corrected chi connectivity index (χ3v) is 20.3. The van der Waals surface area contributed by atoms with Crippen LogP contribution in [0.5, 0.6) is 0 Å². The van der Waals surface area contributed by atoms with Gasteiger partial charge in [-0.2, -0.15) is 0 Å². The highest BCUT2D eigenvalue weighted by Gasteiger charge is 2.37. The lowest BCUT2D eigenvalue weighted by molar-refractivity contribution is -0.185. The first-order valence-corrected chi connectivity index (χ1v) is 43.6. The fourth-order valence-electron chi connectivity index (χ4n) is 13.7. The molecule has 0 aliphatic rings. The van der Waals surface area contributed by atoms with E-state index in [1.54, 1.807) is 0 Å². The van der Waals surface area contributed by atoms with Gasteiger partial charge < -0.3 is 54.3 Å². The van der Waals surface area contributed by atoms with Gasteiger partial charge in [0.05, 0.1) is 51.9 Å². The number of carbonyl (C=O) groups excluding carboxylic acids is 4. The van der Waals surface area contributed by atoms with Crippen LogP contribution in [0.3, 0.4) is 0 Å². The normalized spacial score (nSPS) is 12.0. The molecule has 1 unspecified atom stereocenters. The van der Waals surface area contributed by atoms with Crippen molar-refractivity contribution in [2.45, 2.75) is 373 Å². The molecule has 1 atom stereocenters. The molecule has 0 amide bonds. The number of unbranched alkanes of at least 4 members (excludes halogenated alkanes) is 45. The molecule has 642 valence electrons. The van der Waals surface area contributed by atoms with Crippen LogP contribution in [0.1, 0.15) is 361 Å². The second-order valence-electron chi connectivity index (χ2n) is 31.0. The topological polar surface area (TPSA) is 351 Å². The molecule has 0 rings (SSSR count). The fourth-order valence-corrected chi connectivity index (χ4v) is 13.7. The molecule has 25 nitrogen and oxygen atoms in total. The third kappa shape index (κ3) is 70.5. The molecular formula is C85H156N4O21. The number of Topliss-reactive ketones (excluding diaryl/α,β-unsaturated/α-hetero) is 1. The van der Waals surface area contributed by atoms with Gasteiger partial charge in [-0.15, -0.1) is 0 Å². The summed E-state index contributed by atoms with van der Waals surface area (Å²) < 4.78 is 30.3. The van der Waals surface area contributed by atoms with Crippen LogP contribution in [0, 0.1) is 0 Å². The van der Waals surface area contributed by atoms with E-state index in [1.807, 2.05) is 0 Å². The largest absolute Gasteiger partial charge is 0.480 e. The van der Waals surface area contributed by atoms with Crippen LogP contribution in [0.15, 0.2) is 0 Å². The maximum atomic E-state index is 13.6. The molecule has 0 saturated carbocycles. The number of ketones is 1. The Morgan fingerprint density at radius 2 is 0.555 bits per heavy atom. The molecule has 0 radical (unpaired) electrons. The van der Waals surface area contributed by atoms with Gasteiger partial charge in [-0.25, -0.2) is 0 Å². The van der Waals surface area contributed by atoms with Gasteiger partial charge in [0.1, 0.15) is 26.4 Å². The Balaban J connectivity index is 5.74. The van der Waals surface area contributed by atoms with Crippen molar-refractivity contribution in [2.24, 2.45) is 0 Å². The Hall–Kier alpha value is -5.34. The second kappa shape index (κ2) is 75.0. The first-order valence-electron chi connectivity index (χ1n) is 43.6. The first kappa shape index (κ1) is 105. The highest BCUT2D eigenvalue weighted by Crippen LogP contribution is 2.22. The van der Waals surface area contributed by atoms with Crippen LogP contribution in [0.25, 0.3) is 0 Å². The SMILES string of the molecule is CCCCCCCCCCCCCCCC(=O)COC(COCCCCCCCCCCCCC(=O)OCC(CN(CCN(CCN(CC(=O)O)CC(=O)O)CC(=O)O)CC(=O)O)N(CC(=O)O)CC(=O)O)(COC(=O)CCCCCCCCCCCCCCC)COC(=O)CCCCCCCCCCCCCCC. The summed E-state index contributed by atoms with van der Waals surface area (Å²) in [5, 5.41) is 57.3. The molecule has 6 N–H and O–H groups in total. The van der Waals surface area contributed by atoms with Crippen LogP contribution in [-0.2, 0) is 71.6 Å². The van der Waals surface area contributed by atoms with Crippen molar-refractivity contribution in [2.75, 3.05) is 112 Å². The Morgan fingerprint density at radius 1 is 0.291 bits per heavy atom. The molecular weight excluding hydrogens is 1410 g/mol. The number of ether oxygens (including phenoxy) is 5. The predicted molar refractivity (Wildman–Crippen MR) is 430 cm³/mol. The monoisotopic (exact) mass is 1570 g/mol. The van der Waals surface area contributed by atoms with E-state index >= 15 is 0 Å². The summed E-state index contributed by atoms with van der Waals surface area (Å²) in [4.78, 5) is 129. The molecule has 0 fully saturated rings. The summed E-state index contributed by atoms with van der Waals surface area (Å²) in [5.74, 6) is -9.34. The fraction of sp³-hybridized carbons (Fsp3) is 0.882. The lowest BCUT2D eigenvalue weighted by Crippen LogP contribution is -2.52. The van der Waals surface area contributed by atoms with Crippen LogP contribution < -0.4 is 0 Å². The molecule has 0 aromatic heterocycles. The average molecular weight is 1570 g/mol. The van der Waals surface area contributed by atoms with Crippen molar-refractivity contribution in [1.29, 1.82) is 0 Å². The molecule has 0 spiro atoms. The van der Waals surface area contributed by atoms with E-state index in [9.17, 15) is 78.6 Å². The number of rotatable bonds is 87. The summed E-state index contributed by atoms with van der Waals surface area (Å²) in [6.45, 7) is 1.05. The van der Waals surface area contributed by atoms with Gasteiger partial charge in [-0.3, -0.25) is 67.5 Å². The molecule has 110 heavy (non-hydrogen) atoms. The zero-order valence-corrected chi connectivity index (χ0v) is 69.2.